The van der Waals surface area contributed by atoms with E-state index >= 15 is 0 Å². The van der Waals surface area contributed by atoms with Gasteiger partial charge in [-0.1, -0.05) is 6.07 Å². The molecule has 0 unspecified atom stereocenters. The summed E-state index contributed by atoms with van der Waals surface area (Å²) >= 11 is 1.19. The van der Waals surface area contributed by atoms with E-state index in [1.165, 1.54) is 23.2 Å². The second-order valence-electron chi connectivity index (χ2n) is 5.10. The molecule has 126 valence electrons. The first-order valence-corrected chi connectivity index (χ1v) is 9.48. The lowest BCUT2D eigenvalue weighted by Crippen LogP contribution is -2.37. The first-order valence-electron chi connectivity index (χ1n) is 7.18. The number of aryl methyl sites for hydroxylation is 1. The fraction of sp³-hybridized carbons (Fsp3) is 0.250. The molecule has 24 heavy (non-hydrogen) atoms. The summed E-state index contributed by atoms with van der Waals surface area (Å²) in [6.07, 6.45) is 0. The highest BCUT2D eigenvalue weighted by Gasteiger charge is 2.17. The minimum absolute atomic E-state index is 0.0790. The van der Waals surface area contributed by atoms with Crippen molar-refractivity contribution < 1.29 is 13.2 Å². The third kappa shape index (κ3) is 4.41. The van der Waals surface area contributed by atoms with Crippen molar-refractivity contribution in [3.05, 3.63) is 46.8 Å². The van der Waals surface area contributed by atoms with E-state index in [-0.39, 0.29) is 23.2 Å². The third-order valence-electron chi connectivity index (χ3n) is 3.28. The number of hydrogen-bond donors (Lipinski definition) is 1. The van der Waals surface area contributed by atoms with E-state index in [1.807, 2.05) is 13.0 Å². The van der Waals surface area contributed by atoms with E-state index < -0.39 is 10.0 Å². The van der Waals surface area contributed by atoms with Crippen molar-refractivity contribution in [2.24, 2.45) is 0 Å². The molecule has 0 atom stereocenters. The fourth-order valence-corrected chi connectivity index (χ4v) is 4.48. The summed E-state index contributed by atoms with van der Waals surface area (Å²) in [5, 5.41) is 8.95. The lowest BCUT2D eigenvalue weighted by Gasteiger charge is -2.21. The van der Waals surface area contributed by atoms with Crippen LogP contribution in [0.1, 0.15) is 17.4 Å². The Morgan fingerprint density at radius 3 is 2.67 bits per heavy atom. The van der Waals surface area contributed by atoms with Crippen LogP contribution in [-0.4, -0.2) is 27.4 Å². The van der Waals surface area contributed by atoms with Crippen molar-refractivity contribution in [2.45, 2.75) is 18.1 Å². The molecule has 1 aromatic heterocycles. The van der Waals surface area contributed by atoms with Crippen molar-refractivity contribution in [2.75, 3.05) is 18.0 Å². The molecule has 1 aromatic carbocycles. The zero-order valence-corrected chi connectivity index (χ0v) is 14.9. The number of nitriles is 1. The molecule has 8 heteroatoms. The molecule has 0 aliphatic rings. The van der Waals surface area contributed by atoms with Crippen LogP contribution in [0.15, 0.2) is 40.6 Å². The Morgan fingerprint density at radius 1 is 1.33 bits per heavy atom. The second-order valence-corrected chi connectivity index (χ2v) is 8.38. The number of rotatable bonds is 6. The van der Waals surface area contributed by atoms with Crippen LogP contribution in [0.5, 0.6) is 0 Å². The van der Waals surface area contributed by atoms with E-state index in [0.29, 0.717) is 11.3 Å². The summed E-state index contributed by atoms with van der Waals surface area (Å²) in [7, 11) is -3.58. The minimum Gasteiger partial charge on any atom is -0.311 e. The normalized spacial score (nSPS) is 11.0. The average Bonchev–Trinajstić information content (AvgIpc) is 2.98. The molecule has 1 N–H and O–H groups in total. The molecule has 0 aliphatic heterocycles. The van der Waals surface area contributed by atoms with Crippen LogP contribution in [0.25, 0.3) is 0 Å². The van der Waals surface area contributed by atoms with Gasteiger partial charge >= 0.3 is 0 Å². The van der Waals surface area contributed by atoms with Gasteiger partial charge in [-0.25, -0.2) is 13.1 Å². The van der Waals surface area contributed by atoms with Crippen LogP contribution >= 0.6 is 11.3 Å². The van der Waals surface area contributed by atoms with Gasteiger partial charge in [-0.2, -0.15) is 5.26 Å². The summed E-state index contributed by atoms with van der Waals surface area (Å²) in [6.45, 7) is 3.49. The number of nitrogens with zero attached hydrogens (tertiary/aromatic N) is 2. The van der Waals surface area contributed by atoms with E-state index in [1.54, 1.807) is 36.4 Å². The van der Waals surface area contributed by atoms with Gasteiger partial charge < -0.3 is 4.90 Å². The molecule has 0 bridgehead atoms. The number of amides is 1. The zero-order chi connectivity index (χ0) is 17.7. The molecule has 1 heterocycles. The largest absolute Gasteiger partial charge is 0.311 e. The summed E-state index contributed by atoms with van der Waals surface area (Å²) in [6, 6.07) is 11.9. The standard InChI is InChI=1S/C16H17N3O3S2/c1-12-6-7-16(23-12)24(21,22)18-8-9-19(13(2)20)15-5-3-4-14(10-15)11-17/h3-7,10,18H,8-9H2,1-2H3. The van der Waals surface area contributed by atoms with Gasteiger partial charge in [0.05, 0.1) is 11.6 Å². The number of sulfonamides is 1. The van der Waals surface area contributed by atoms with Crippen LogP contribution in [0.2, 0.25) is 0 Å². The summed E-state index contributed by atoms with van der Waals surface area (Å²) < 4.78 is 27.1. The molecule has 0 saturated heterocycles. The number of benzene rings is 1. The van der Waals surface area contributed by atoms with E-state index in [0.717, 1.165) is 4.88 Å². The molecular formula is C16H17N3O3S2. The smallest absolute Gasteiger partial charge is 0.250 e. The number of anilines is 1. The molecule has 2 aromatic rings. The van der Waals surface area contributed by atoms with Crippen LogP contribution in [-0.2, 0) is 14.8 Å². The topological polar surface area (TPSA) is 90.3 Å². The molecule has 0 aliphatic carbocycles. The van der Waals surface area contributed by atoms with Crippen LogP contribution in [0, 0.1) is 18.3 Å². The number of carbonyl (C=O) groups is 1. The van der Waals surface area contributed by atoms with Crippen LogP contribution in [0.4, 0.5) is 5.69 Å². The van der Waals surface area contributed by atoms with E-state index in [2.05, 4.69) is 4.72 Å². The van der Waals surface area contributed by atoms with Crippen molar-refractivity contribution >= 4 is 33.0 Å². The Balaban J connectivity index is 2.07. The Labute approximate surface area is 145 Å². The quantitative estimate of drug-likeness (QED) is 0.852. The van der Waals surface area contributed by atoms with Gasteiger partial charge in [0.1, 0.15) is 4.21 Å². The third-order valence-corrected chi connectivity index (χ3v) is 6.23. The Hall–Kier alpha value is -2.21. The molecule has 0 fully saturated rings. The Kier molecular flexibility index (Phi) is 5.72. The molecule has 1 amide bonds. The number of carbonyl (C=O) groups excluding carboxylic acids is 1. The Morgan fingerprint density at radius 2 is 2.08 bits per heavy atom. The van der Waals surface area contributed by atoms with Crippen molar-refractivity contribution in [3.8, 4) is 6.07 Å². The zero-order valence-electron chi connectivity index (χ0n) is 13.3. The van der Waals surface area contributed by atoms with Crippen molar-refractivity contribution in [1.29, 1.82) is 5.26 Å². The predicted octanol–water partition coefficient (Wildman–Crippen LogP) is 2.26. The highest BCUT2D eigenvalue weighted by molar-refractivity contribution is 7.91. The van der Waals surface area contributed by atoms with Gasteiger partial charge in [-0.15, -0.1) is 11.3 Å². The van der Waals surface area contributed by atoms with E-state index in [4.69, 9.17) is 5.26 Å². The number of hydrogen-bond acceptors (Lipinski definition) is 5. The SMILES string of the molecule is CC(=O)N(CCNS(=O)(=O)c1ccc(C)s1)c1cccc(C#N)c1. The van der Waals surface area contributed by atoms with Gasteiger partial charge in [-0.05, 0) is 37.3 Å². The van der Waals surface area contributed by atoms with E-state index in [9.17, 15) is 13.2 Å². The number of thiophene rings is 1. The average molecular weight is 363 g/mol. The second kappa shape index (κ2) is 7.57. The molecular weight excluding hydrogens is 346 g/mol. The highest BCUT2D eigenvalue weighted by Crippen LogP contribution is 2.20. The maximum absolute atomic E-state index is 12.2. The lowest BCUT2D eigenvalue weighted by molar-refractivity contribution is -0.116. The minimum atomic E-state index is -3.58. The lowest BCUT2D eigenvalue weighted by atomic mass is 10.2. The summed E-state index contributed by atoms with van der Waals surface area (Å²) in [4.78, 5) is 14.2. The van der Waals surface area contributed by atoms with Crippen molar-refractivity contribution in [3.63, 3.8) is 0 Å². The summed E-state index contributed by atoms with van der Waals surface area (Å²) in [5.74, 6) is -0.226. The maximum Gasteiger partial charge on any atom is 0.250 e. The predicted molar refractivity (Wildman–Crippen MR) is 93.4 cm³/mol. The molecule has 0 radical (unpaired) electrons. The molecule has 0 saturated carbocycles. The van der Waals surface area contributed by atoms with Gasteiger partial charge in [0.25, 0.3) is 0 Å². The molecule has 6 nitrogen and oxygen atoms in total. The number of nitrogens with one attached hydrogen (secondary N) is 1. The van der Waals surface area contributed by atoms with Gasteiger partial charge in [0.2, 0.25) is 15.9 Å². The molecule has 0 spiro atoms. The first-order chi connectivity index (χ1) is 11.3. The fourth-order valence-electron chi connectivity index (χ4n) is 2.13. The van der Waals surface area contributed by atoms with Gasteiger partial charge in [-0.3, -0.25) is 4.79 Å². The van der Waals surface area contributed by atoms with Crippen molar-refractivity contribution in [1.82, 2.24) is 4.72 Å². The summed E-state index contributed by atoms with van der Waals surface area (Å²) in [5.41, 5.74) is 1.00. The van der Waals surface area contributed by atoms with Gasteiger partial charge in [0, 0.05) is 30.6 Å². The maximum atomic E-state index is 12.2. The van der Waals surface area contributed by atoms with Crippen LogP contribution in [0.3, 0.4) is 0 Å². The van der Waals surface area contributed by atoms with Crippen LogP contribution < -0.4 is 9.62 Å². The monoisotopic (exact) mass is 363 g/mol. The van der Waals surface area contributed by atoms with Gasteiger partial charge in [0.15, 0.2) is 0 Å². The Bertz CT molecular complexity index is 882. The first kappa shape index (κ1) is 18.1. The molecule has 2 rings (SSSR count). The highest BCUT2D eigenvalue weighted by atomic mass is 32.2.